The maximum Gasteiger partial charge on any atom is 0.343 e. The van der Waals surface area contributed by atoms with Crippen molar-refractivity contribution in [2.24, 2.45) is 11.7 Å². The SMILES string of the molecule is NC1=[NH+][C@H]2O[C@@H]3[C@]4([O-])O[C@@H]5[C@H]2[C@@]3(N1)C(O)[C@H](O4)[C@@]5(O)CO. The third-order valence-corrected chi connectivity index (χ3v) is 5.49. The van der Waals surface area contributed by atoms with Crippen molar-refractivity contribution < 1.29 is 39.6 Å². The molecule has 6 aliphatic rings. The van der Waals surface area contributed by atoms with Crippen LogP contribution in [0, 0.1) is 5.92 Å². The van der Waals surface area contributed by atoms with Crippen molar-refractivity contribution in [2.45, 2.75) is 47.8 Å². The van der Waals surface area contributed by atoms with Gasteiger partial charge in [-0.2, -0.15) is 0 Å². The van der Waals surface area contributed by atoms with Crippen LogP contribution in [0.5, 0.6) is 0 Å². The van der Waals surface area contributed by atoms with Gasteiger partial charge in [-0.1, -0.05) is 0 Å². The molecule has 9 atom stereocenters. The standard InChI is InChI=1S/C11H14N3O7/c12-8-13-6-2-4-9(17,1-15)5-3(16)10(2,14-8)7(19-6)11(18,20-4)21-5/h2-7,15-17H,1H2,(H3,12,13,14)/q-1/p+1/t2-,3?,4-,5+,6+,7+,9-,10-,11+/m1/s1. The van der Waals surface area contributed by atoms with Crippen LogP contribution in [0.2, 0.25) is 0 Å². The van der Waals surface area contributed by atoms with Crippen LogP contribution in [-0.4, -0.2) is 75.6 Å². The minimum absolute atomic E-state index is 0.177. The fourth-order valence-electron chi connectivity index (χ4n) is 4.70. The second-order valence-electron chi connectivity index (χ2n) is 6.35. The van der Waals surface area contributed by atoms with E-state index >= 15 is 0 Å². The molecule has 1 aliphatic carbocycles. The predicted molar refractivity (Wildman–Crippen MR) is 58.7 cm³/mol. The van der Waals surface area contributed by atoms with E-state index in [0.717, 1.165) is 0 Å². The summed E-state index contributed by atoms with van der Waals surface area (Å²) in [5.74, 6) is -2.78. The fraction of sp³-hybridized carbons (Fsp3) is 0.909. The second-order valence-corrected chi connectivity index (χ2v) is 6.35. The Hall–Kier alpha value is -1.01. The fourth-order valence-corrected chi connectivity index (χ4v) is 4.70. The molecular weight excluding hydrogens is 286 g/mol. The highest BCUT2D eigenvalue weighted by atomic mass is 16.9. The van der Waals surface area contributed by atoms with Crippen LogP contribution in [0.25, 0.3) is 0 Å². The summed E-state index contributed by atoms with van der Waals surface area (Å²) >= 11 is 0. The molecule has 0 aromatic heterocycles. The zero-order chi connectivity index (χ0) is 14.8. The van der Waals surface area contributed by atoms with Crippen molar-refractivity contribution >= 4 is 5.96 Å². The summed E-state index contributed by atoms with van der Waals surface area (Å²) in [7, 11) is 0. The van der Waals surface area contributed by atoms with E-state index in [9.17, 15) is 20.4 Å². The molecule has 7 N–H and O–H groups in total. The van der Waals surface area contributed by atoms with Crippen molar-refractivity contribution in [3.05, 3.63) is 0 Å². The summed E-state index contributed by atoms with van der Waals surface area (Å²) in [5.41, 5.74) is 2.68. The summed E-state index contributed by atoms with van der Waals surface area (Å²) in [6.45, 7) is -0.710. The molecule has 5 heterocycles. The van der Waals surface area contributed by atoms with Crippen LogP contribution in [0.1, 0.15) is 0 Å². The molecule has 4 saturated heterocycles. The molecule has 10 heteroatoms. The molecule has 1 spiro atoms. The Kier molecular flexibility index (Phi) is 1.89. The highest BCUT2D eigenvalue weighted by Gasteiger charge is 2.85. The molecule has 0 amide bonds. The van der Waals surface area contributed by atoms with E-state index < -0.39 is 60.3 Å². The van der Waals surface area contributed by atoms with Crippen LogP contribution in [0.3, 0.4) is 0 Å². The maximum atomic E-state index is 12.8. The van der Waals surface area contributed by atoms with Crippen LogP contribution in [-0.2, 0) is 14.2 Å². The molecule has 5 fully saturated rings. The average Bonchev–Trinajstić information content (AvgIpc) is 2.59. The molecule has 7 bridgehead atoms. The highest BCUT2D eigenvalue weighted by Crippen LogP contribution is 2.61. The molecule has 6 rings (SSSR count). The average molecular weight is 301 g/mol. The van der Waals surface area contributed by atoms with E-state index in [2.05, 4.69) is 10.3 Å². The molecule has 5 aliphatic heterocycles. The summed E-state index contributed by atoms with van der Waals surface area (Å²) in [5, 5.41) is 46.6. The minimum Gasteiger partial charge on any atom is -0.805 e. The number of aliphatic hydroxyl groups is 3. The lowest BCUT2D eigenvalue weighted by molar-refractivity contribution is -0.700. The Morgan fingerprint density at radius 1 is 1.38 bits per heavy atom. The van der Waals surface area contributed by atoms with Crippen LogP contribution in [0.15, 0.2) is 0 Å². The van der Waals surface area contributed by atoms with Gasteiger partial charge < -0.3 is 34.6 Å². The van der Waals surface area contributed by atoms with Gasteiger partial charge in [-0.05, 0) is 0 Å². The van der Waals surface area contributed by atoms with Gasteiger partial charge in [-0.25, -0.2) is 0 Å². The maximum absolute atomic E-state index is 12.8. The molecule has 0 radical (unpaired) electrons. The van der Waals surface area contributed by atoms with Crippen molar-refractivity contribution in [1.82, 2.24) is 5.32 Å². The van der Waals surface area contributed by atoms with E-state index in [1.54, 1.807) is 0 Å². The third-order valence-electron chi connectivity index (χ3n) is 5.49. The molecule has 10 nitrogen and oxygen atoms in total. The lowest BCUT2D eigenvalue weighted by Gasteiger charge is -2.70. The van der Waals surface area contributed by atoms with Crippen LogP contribution >= 0.6 is 0 Å². The van der Waals surface area contributed by atoms with Crippen molar-refractivity contribution in [3.8, 4) is 0 Å². The largest absolute Gasteiger partial charge is 0.805 e. The molecule has 1 unspecified atom stereocenters. The molecule has 1 saturated carbocycles. The van der Waals surface area contributed by atoms with E-state index in [1.807, 2.05) is 0 Å². The van der Waals surface area contributed by atoms with Gasteiger partial charge in [-0.3, -0.25) is 16.0 Å². The number of ether oxygens (including phenoxy) is 3. The zero-order valence-corrected chi connectivity index (χ0v) is 10.7. The van der Waals surface area contributed by atoms with E-state index in [0.29, 0.717) is 0 Å². The molecule has 21 heavy (non-hydrogen) atoms. The number of rotatable bonds is 1. The quantitative estimate of drug-likeness (QED) is 0.276. The molecular formula is C11H15N3O7. The minimum atomic E-state index is -2.36. The monoisotopic (exact) mass is 301 g/mol. The van der Waals surface area contributed by atoms with Crippen molar-refractivity contribution in [3.63, 3.8) is 0 Å². The van der Waals surface area contributed by atoms with Gasteiger partial charge in [0.05, 0.1) is 12.5 Å². The van der Waals surface area contributed by atoms with Crippen molar-refractivity contribution in [2.75, 3.05) is 6.61 Å². The third kappa shape index (κ3) is 1.03. The Labute approximate surface area is 118 Å². The summed E-state index contributed by atoms with van der Waals surface area (Å²) < 4.78 is 16.2. The summed E-state index contributed by atoms with van der Waals surface area (Å²) in [4.78, 5) is 2.82. The van der Waals surface area contributed by atoms with E-state index in [4.69, 9.17) is 19.9 Å². The first-order valence-electron chi connectivity index (χ1n) is 6.77. The van der Waals surface area contributed by atoms with Crippen LogP contribution in [0.4, 0.5) is 0 Å². The summed E-state index contributed by atoms with van der Waals surface area (Å²) in [6.07, 6.45) is -5.45. The lowest BCUT2D eigenvalue weighted by atomic mass is 9.56. The smallest absolute Gasteiger partial charge is 0.343 e. The summed E-state index contributed by atoms with van der Waals surface area (Å²) in [6, 6.07) is 0. The number of hydrogen-bond acceptors (Lipinski definition) is 9. The number of nitrogens with two attached hydrogens (primary N) is 1. The first kappa shape index (κ1) is 12.5. The van der Waals surface area contributed by atoms with Gasteiger partial charge >= 0.3 is 5.96 Å². The van der Waals surface area contributed by atoms with Crippen LogP contribution < -0.4 is 21.1 Å². The highest BCUT2D eigenvalue weighted by molar-refractivity contribution is 5.74. The van der Waals surface area contributed by atoms with E-state index in [-0.39, 0.29) is 5.96 Å². The first-order valence-corrected chi connectivity index (χ1v) is 6.77. The molecule has 0 aromatic carbocycles. The number of hydrogen-bond donors (Lipinski definition) is 6. The van der Waals surface area contributed by atoms with Gasteiger partial charge in [0, 0.05) is 0 Å². The Morgan fingerprint density at radius 3 is 2.81 bits per heavy atom. The second kappa shape index (κ2) is 3.18. The molecule has 0 aromatic rings. The number of guanidine groups is 1. The van der Waals surface area contributed by atoms with Gasteiger partial charge in [0.25, 0.3) is 0 Å². The first-order chi connectivity index (χ1) is 9.87. The van der Waals surface area contributed by atoms with Gasteiger partial charge in [0.15, 0.2) is 11.8 Å². The van der Waals surface area contributed by atoms with E-state index in [1.165, 1.54) is 0 Å². The lowest BCUT2D eigenvalue weighted by Crippen LogP contribution is -3.00. The normalized spacial score (nSPS) is 66.2. The van der Waals surface area contributed by atoms with Crippen molar-refractivity contribution in [1.29, 1.82) is 0 Å². The predicted octanol–water partition coefficient (Wildman–Crippen LogP) is -7.03. The van der Waals surface area contributed by atoms with Gasteiger partial charge in [0.2, 0.25) is 0 Å². The Balaban J connectivity index is 1.77. The Bertz CT molecular complexity index is 574. The zero-order valence-electron chi connectivity index (χ0n) is 10.7. The molecule has 116 valence electrons. The van der Waals surface area contributed by atoms with Gasteiger partial charge in [-0.15, -0.1) is 0 Å². The van der Waals surface area contributed by atoms with Gasteiger partial charge in [0.1, 0.15) is 36.0 Å². The topological polar surface area (TPSA) is 163 Å². The number of nitrogens with one attached hydrogen (secondary N) is 2. The number of aliphatic hydroxyl groups excluding tert-OH is 2. The Morgan fingerprint density at radius 2 is 2.10 bits per heavy atom.